The third-order valence-corrected chi connectivity index (χ3v) is 4.66. The highest BCUT2D eigenvalue weighted by atomic mass is 32.1. The molecule has 1 amide bonds. The second kappa shape index (κ2) is 6.02. The normalized spacial score (nSPS) is 14.6. The molecule has 1 fully saturated rings. The molecular formula is C16H21N3OS. The zero-order valence-electron chi connectivity index (χ0n) is 12.5. The summed E-state index contributed by atoms with van der Waals surface area (Å²) in [6.45, 7) is 4.93. The van der Waals surface area contributed by atoms with Gasteiger partial charge in [0.2, 0.25) is 0 Å². The van der Waals surface area contributed by atoms with E-state index < -0.39 is 0 Å². The number of aromatic nitrogens is 2. The lowest BCUT2D eigenvalue weighted by Crippen LogP contribution is -2.27. The summed E-state index contributed by atoms with van der Waals surface area (Å²) in [7, 11) is 0. The van der Waals surface area contributed by atoms with Crippen molar-refractivity contribution in [3.8, 4) is 0 Å². The number of rotatable bonds is 6. The van der Waals surface area contributed by atoms with Crippen LogP contribution in [0.25, 0.3) is 0 Å². The first-order chi connectivity index (χ1) is 10.1. The van der Waals surface area contributed by atoms with Crippen LogP contribution in [0.2, 0.25) is 0 Å². The summed E-state index contributed by atoms with van der Waals surface area (Å²) in [5.41, 5.74) is 1.92. The molecule has 0 unspecified atom stereocenters. The number of thiazole rings is 1. The van der Waals surface area contributed by atoms with Gasteiger partial charge in [-0.05, 0) is 30.9 Å². The Labute approximate surface area is 129 Å². The molecular weight excluding hydrogens is 282 g/mol. The van der Waals surface area contributed by atoms with Crippen molar-refractivity contribution in [3.05, 3.63) is 40.1 Å². The van der Waals surface area contributed by atoms with E-state index in [2.05, 4.69) is 34.1 Å². The average molecular weight is 303 g/mol. The van der Waals surface area contributed by atoms with E-state index in [1.807, 2.05) is 18.3 Å². The van der Waals surface area contributed by atoms with Crippen LogP contribution < -0.4 is 5.32 Å². The number of hydrogen-bond donors (Lipinski definition) is 1. The van der Waals surface area contributed by atoms with E-state index >= 15 is 0 Å². The molecule has 1 aliphatic carbocycles. The van der Waals surface area contributed by atoms with Crippen LogP contribution in [0.5, 0.6) is 0 Å². The van der Waals surface area contributed by atoms with Gasteiger partial charge in [0.1, 0.15) is 5.69 Å². The van der Waals surface area contributed by atoms with Crippen molar-refractivity contribution >= 4 is 17.2 Å². The van der Waals surface area contributed by atoms with Gasteiger partial charge in [-0.1, -0.05) is 13.8 Å². The number of nitrogens with zero attached hydrogens (tertiary/aromatic N) is 2. The van der Waals surface area contributed by atoms with Crippen molar-refractivity contribution in [2.75, 3.05) is 6.54 Å². The maximum Gasteiger partial charge on any atom is 0.267 e. The van der Waals surface area contributed by atoms with E-state index in [0.29, 0.717) is 18.5 Å². The highest BCUT2D eigenvalue weighted by Gasteiger charge is 2.26. The predicted octanol–water partition coefficient (Wildman–Crippen LogP) is 3.38. The van der Waals surface area contributed by atoms with Gasteiger partial charge in [0.15, 0.2) is 0 Å². The van der Waals surface area contributed by atoms with Crippen LogP contribution in [0.4, 0.5) is 0 Å². The maximum absolute atomic E-state index is 12.2. The molecule has 0 saturated heterocycles. The molecule has 4 nitrogen and oxygen atoms in total. The van der Waals surface area contributed by atoms with Gasteiger partial charge in [0.25, 0.3) is 5.91 Å². The van der Waals surface area contributed by atoms with E-state index in [1.165, 1.54) is 12.8 Å². The van der Waals surface area contributed by atoms with E-state index in [4.69, 9.17) is 0 Å². The molecule has 0 radical (unpaired) electrons. The SMILES string of the molecule is CC(C)c1csc(CCNC(=O)c2cccn2C2CC2)n1. The summed E-state index contributed by atoms with van der Waals surface area (Å²) in [5.74, 6) is 0.485. The highest BCUT2D eigenvalue weighted by Crippen LogP contribution is 2.35. The Morgan fingerprint density at radius 1 is 1.52 bits per heavy atom. The van der Waals surface area contributed by atoms with E-state index in [1.54, 1.807) is 11.3 Å². The molecule has 2 aromatic heterocycles. The lowest BCUT2D eigenvalue weighted by Gasteiger charge is -2.08. The lowest BCUT2D eigenvalue weighted by atomic mass is 10.2. The van der Waals surface area contributed by atoms with Gasteiger partial charge in [-0.2, -0.15) is 0 Å². The maximum atomic E-state index is 12.2. The van der Waals surface area contributed by atoms with Gasteiger partial charge < -0.3 is 9.88 Å². The van der Waals surface area contributed by atoms with Crippen molar-refractivity contribution in [1.82, 2.24) is 14.9 Å². The summed E-state index contributed by atoms with van der Waals surface area (Å²) < 4.78 is 2.09. The molecule has 0 spiro atoms. The number of nitrogens with one attached hydrogen (secondary N) is 1. The second-order valence-electron chi connectivity index (χ2n) is 5.86. The van der Waals surface area contributed by atoms with Crippen LogP contribution in [0.15, 0.2) is 23.7 Å². The molecule has 0 bridgehead atoms. The van der Waals surface area contributed by atoms with Crippen LogP contribution >= 0.6 is 11.3 Å². The van der Waals surface area contributed by atoms with Gasteiger partial charge in [0, 0.05) is 30.6 Å². The summed E-state index contributed by atoms with van der Waals surface area (Å²) in [4.78, 5) is 16.8. The highest BCUT2D eigenvalue weighted by molar-refractivity contribution is 7.09. The Morgan fingerprint density at radius 2 is 2.33 bits per heavy atom. The number of carbonyl (C=O) groups excluding carboxylic acids is 1. The Balaban J connectivity index is 1.52. The van der Waals surface area contributed by atoms with Crippen molar-refractivity contribution in [1.29, 1.82) is 0 Å². The first-order valence-electron chi connectivity index (χ1n) is 7.54. The molecule has 3 rings (SSSR count). The van der Waals surface area contributed by atoms with Crippen LogP contribution in [0.3, 0.4) is 0 Å². The number of hydrogen-bond acceptors (Lipinski definition) is 3. The topological polar surface area (TPSA) is 46.9 Å². The second-order valence-corrected chi connectivity index (χ2v) is 6.80. The monoisotopic (exact) mass is 303 g/mol. The van der Waals surface area contributed by atoms with Crippen molar-refractivity contribution in [3.63, 3.8) is 0 Å². The molecule has 112 valence electrons. The Kier molecular flexibility index (Phi) is 4.10. The average Bonchev–Trinajstić information content (AvgIpc) is 3.01. The zero-order chi connectivity index (χ0) is 14.8. The van der Waals surface area contributed by atoms with Gasteiger partial charge in [-0.15, -0.1) is 11.3 Å². The minimum Gasteiger partial charge on any atom is -0.350 e. The molecule has 2 heterocycles. The molecule has 0 atom stereocenters. The van der Waals surface area contributed by atoms with E-state index in [0.717, 1.165) is 22.8 Å². The third kappa shape index (κ3) is 3.35. The van der Waals surface area contributed by atoms with Crippen LogP contribution in [-0.4, -0.2) is 22.0 Å². The van der Waals surface area contributed by atoms with Gasteiger partial charge >= 0.3 is 0 Å². The fourth-order valence-corrected chi connectivity index (χ4v) is 3.30. The number of amides is 1. The fraction of sp³-hybridized carbons (Fsp3) is 0.500. The molecule has 1 N–H and O–H groups in total. The summed E-state index contributed by atoms with van der Waals surface area (Å²) in [6, 6.07) is 4.38. The summed E-state index contributed by atoms with van der Waals surface area (Å²) in [6.07, 6.45) is 5.17. The summed E-state index contributed by atoms with van der Waals surface area (Å²) >= 11 is 1.68. The smallest absolute Gasteiger partial charge is 0.267 e. The Hall–Kier alpha value is -1.62. The molecule has 5 heteroatoms. The van der Waals surface area contributed by atoms with Gasteiger partial charge in [0.05, 0.1) is 10.7 Å². The number of carbonyl (C=O) groups is 1. The van der Waals surface area contributed by atoms with Crippen LogP contribution in [0.1, 0.15) is 59.8 Å². The quantitative estimate of drug-likeness (QED) is 0.889. The largest absolute Gasteiger partial charge is 0.350 e. The minimum absolute atomic E-state index is 0.0209. The summed E-state index contributed by atoms with van der Waals surface area (Å²) in [5, 5.41) is 6.21. The molecule has 1 aliphatic rings. The minimum atomic E-state index is 0.0209. The van der Waals surface area contributed by atoms with E-state index in [9.17, 15) is 4.79 Å². The van der Waals surface area contributed by atoms with Crippen molar-refractivity contribution in [2.45, 2.75) is 45.1 Å². The first kappa shape index (κ1) is 14.3. The molecule has 1 saturated carbocycles. The van der Waals surface area contributed by atoms with Gasteiger partial charge in [-0.25, -0.2) is 4.98 Å². The molecule has 2 aromatic rings. The standard InChI is InChI=1S/C16H21N3OS/c1-11(2)13-10-21-15(18-13)7-8-17-16(20)14-4-3-9-19(14)12-5-6-12/h3-4,9-12H,5-8H2,1-2H3,(H,17,20). The first-order valence-corrected chi connectivity index (χ1v) is 8.42. The van der Waals surface area contributed by atoms with Crippen molar-refractivity contribution < 1.29 is 4.79 Å². The molecule has 21 heavy (non-hydrogen) atoms. The fourth-order valence-electron chi connectivity index (χ4n) is 2.34. The predicted molar refractivity (Wildman–Crippen MR) is 84.9 cm³/mol. The van der Waals surface area contributed by atoms with Crippen LogP contribution in [0, 0.1) is 0 Å². The van der Waals surface area contributed by atoms with E-state index in [-0.39, 0.29) is 5.91 Å². The van der Waals surface area contributed by atoms with Crippen molar-refractivity contribution in [2.24, 2.45) is 0 Å². The Bertz CT molecular complexity index is 625. The molecule has 0 aromatic carbocycles. The van der Waals surface area contributed by atoms with Gasteiger partial charge in [-0.3, -0.25) is 4.79 Å². The third-order valence-electron chi connectivity index (χ3n) is 3.74. The van der Waals surface area contributed by atoms with Crippen LogP contribution in [-0.2, 0) is 6.42 Å². The Morgan fingerprint density at radius 3 is 3.00 bits per heavy atom. The molecule has 0 aliphatic heterocycles. The lowest BCUT2D eigenvalue weighted by molar-refractivity contribution is 0.0944. The zero-order valence-corrected chi connectivity index (χ0v) is 13.3.